The molecule has 15 heavy (non-hydrogen) atoms. The Morgan fingerprint density at radius 2 is 2.20 bits per heavy atom. The summed E-state index contributed by atoms with van der Waals surface area (Å²) in [6.45, 7) is 10.4. The van der Waals surface area contributed by atoms with Crippen molar-refractivity contribution in [2.24, 2.45) is 11.1 Å². The minimum atomic E-state index is -0.474. The van der Waals surface area contributed by atoms with Crippen LogP contribution in [0.3, 0.4) is 0 Å². The molecule has 0 aliphatic rings. The lowest BCUT2D eigenvalue weighted by atomic mass is 9.87. The Balaban J connectivity index is 3.70. The van der Waals surface area contributed by atoms with Gasteiger partial charge in [-0.25, -0.2) is 0 Å². The molecule has 0 fully saturated rings. The summed E-state index contributed by atoms with van der Waals surface area (Å²) < 4.78 is 4.92. The Hall–Kier alpha value is -1.03. The van der Waals surface area contributed by atoms with Crippen LogP contribution in [0.25, 0.3) is 0 Å². The van der Waals surface area contributed by atoms with Crippen molar-refractivity contribution >= 4 is 5.91 Å². The number of ether oxygens (including phenoxy) is 1. The minimum Gasteiger partial charge on any atom is -0.502 e. The van der Waals surface area contributed by atoms with Crippen molar-refractivity contribution in [3.63, 3.8) is 0 Å². The molecule has 0 aromatic rings. The van der Waals surface area contributed by atoms with Gasteiger partial charge in [0, 0.05) is 6.54 Å². The molecule has 0 radical (unpaired) electrons. The molecule has 4 nitrogen and oxygen atoms in total. The summed E-state index contributed by atoms with van der Waals surface area (Å²) in [5.41, 5.74) is 5.57. The number of hydrogen-bond donors (Lipinski definition) is 2. The van der Waals surface area contributed by atoms with Crippen molar-refractivity contribution in [1.29, 1.82) is 0 Å². The van der Waals surface area contributed by atoms with Crippen molar-refractivity contribution in [3.8, 4) is 0 Å². The van der Waals surface area contributed by atoms with Crippen LogP contribution in [0.1, 0.15) is 27.2 Å². The Morgan fingerprint density at radius 3 is 2.67 bits per heavy atom. The monoisotopic (exact) mass is 214 g/mol. The maximum atomic E-state index is 11.5. The van der Waals surface area contributed by atoms with E-state index in [1.165, 1.54) is 6.26 Å². The van der Waals surface area contributed by atoms with Gasteiger partial charge in [-0.05, 0) is 11.8 Å². The van der Waals surface area contributed by atoms with Crippen LogP contribution in [0.2, 0.25) is 0 Å². The lowest BCUT2D eigenvalue weighted by molar-refractivity contribution is -0.124. The van der Waals surface area contributed by atoms with Gasteiger partial charge in [-0.2, -0.15) is 0 Å². The van der Waals surface area contributed by atoms with Crippen LogP contribution >= 0.6 is 0 Å². The molecule has 88 valence electrons. The van der Waals surface area contributed by atoms with E-state index < -0.39 is 6.04 Å². The first-order valence-corrected chi connectivity index (χ1v) is 5.15. The number of nitrogens with two attached hydrogens (primary N) is 1. The fraction of sp³-hybridized carbons (Fsp3) is 0.727. The van der Waals surface area contributed by atoms with E-state index in [4.69, 9.17) is 10.5 Å². The molecular formula is C11H22N2O2. The number of hydrogen-bond acceptors (Lipinski definition) is 3. The molecule has 1 unspecified atom stereocenters. The topological polar surface area (TPSA) is 64.3 Å². The molecule has 3 N–H and O–H groups in total. The Bertz CT molecular complexity index is 209. The molecule has 4 heteroatoms. The van der Waals surface area contributed by atoms with Gasteiger partial charge in [-0.15, -0.1) is 0 Å². The van der Waals surface area contributed by atoms with Crippen LogP contribution in [-0.4, -0.2) is 25.1 Å². The SMILES string of the molecule is C=COCCCNC(=O)C(N)C(C)(C)C. The molecule has 0 aliphatic heterocycles. The Morgan fingerprint density at radius 1 is 1.60 bits per heavy atom. The molecule has 0 aromatic heterocycles. The van der Waals surface area contributed by atoms with E-state index in [1.54, 1.807) is 0 Å². The second-order valence-corrected chi connectivity index (χ2v) is 4.53. The van der Waals surface area contributed by atoms with Crippen molar-refractivity contribution in [2.45, 2.75) is 33.2 Å². The summed E-state index contributed by atoms with van der Waals surface area (Å²) in [5.74, 6) is -0.110. The maximum Gasteiger partial charge on any atom is 0.237 e. The van der Waals surface area contributed by atoms with Gasteiger partial charge in [0.25, 0.3) is 0 Å². The lowest BCUT2D eigenvalue weighted by Gasteiger charge is -2.25. The number of rotatable bonds is 6. The highest BCUT2D eigenvalue weighted by Crippen LogP contribution is 2.16. The van der Waals surface area contributed by atoms with Crippen molar-refractivity contribution in [2.75, 3.05) is 13.2 Å². The number of nitrogens with one attached hydrogen (secondary N) is 1. The van der Waals surface area contributed by atoms with Crippen LogP contribution in [-0.2, 0) is 9.53 Å². The van der Waals surface area contributed by atoms with Crippen LogP contribution < -0.4 is 11.1 Å². The van der Waals surface area contributed by atoms with Crippen LogP contribution in [0, 0.1) is 5.41 Å². The third kappa shape index (κ3) is 6.12. The predicted octanol–water partition coefficient (Wildman–Crippen LogP) is 1.03. The summed E-state index contributed by atoms with van der Waals surface area (Å²) in [6.07, 6.45) is 2.15. The Labute approximate surface area is 91.9 Å². The molecule has 0 aromatic carbocycles. The van der Waals surface area contributed by atoms with E-state index in [0.29, 0.717) is 13.2 Å². The van der Waals surface area contributed by atoms with E-state index in [1.807, 2.05) is 20.8 Å². The second-order valence-electron chi connectivity index (χ2n) is 4.53. The van der Waals surface area contributed by atoms with Gasteiger partial charge in [-0.3, -0.25) is 4.79 Å². The fourth-order valence-electron chi connectivity index (χ4n) is 0.954. The molecule has 0 saturated heterocycles. The van der Waals surface area contributed by atoms with Crippen LogP contribution in [0.4, 0.5) is 0 Å². The van der Waals surface area contributed by atoms with Gasteiger partial charge in [0.1, 0.15) is 0 Å². The summed E-state index contributed by atoms with van der Waals surface area (Å²) >= 11 is 0. The number of amides is 1. The van der Waals surface area contributed by atoms with E-state index in [2.05, 4.69) is 11.9 Å². The quantitative estimate of drug-likeness (QED) is 0.512. The standard InChI is InChI=1S/C11H22N2O2/c1-5-15-8-6-7-13-10(14)9(12)11(2,3)4/h5,9H,1,6-8,12H2,2-4H3,(H,13,14). The van der Waals surface area contributed by atoms with E-state index in [-0.39, 0.29) is 11.3 Å². The number of carbonyl (C=O) groups is 1. The van der Waals surface area contributed by atoms with Crippen LogP contribution in [0.5, 0.6) is 0 Å². The van der Waals surface area contributed by atoms with Crippen LogP contribution in [0.15, 0.2) is 12.8 Å². The molecule has 0 bridgehead atoms. The highest BCUT2D eigenvalue weighted by molar-refractivity contribution is 5.82. The Kier molecular flexibility index (Phi) is 6.01. The third-order valence-corrected chi connectivity index (χ3v) is 2.07. The maximum absolute atomic E-state index is 11.5. The average Bonchev–Trinajstić information content (AvgIpc) is 2.14. The molecule has 0 spiro atoms. The zero-order valence-corrected chi connectivity index (χ0v) is 9.88. The van der Waals surface area contributed by atoms with Crippen molar-refractivity contribution in [1.82, 2.24) is 5.32 Å². The normalized spacial score (nSPS) is 13.1. The zero-order chi connectivity index (χ0) is 11.9. The van der Waals surface area contributed by atoms with E-state index in [0.717, 1.165) is 6.42 Å². The van der Waals surface area contributed by atoms with Gasteiger partial charge < -0.3 is 15.8 Å². The molecule has 0 aliphatic carbocycles. The first-order valence-electron chi connectivity index (χ1n) is 5.15. The van der Waals surface area contributed by atoms with E-state index >= 15 is 0 Å². The molecule has 0 saturated carbocycles. The highest BCUT2D eigenvalue weighted by Gasteiger charge is 2.26. The van der Waals surface area contributed by atoms with Gasteiger partial charge in [-0.1, -0.05) is 27.4 Å². The lowest BCUT2D eigenvalue weighted by Crippen LogP contribution is -2.48. The van der Waals surface area contributed by atoms with Gasteiger partial charge in [0.15, 0.2) is 0 Å². The number of carbonyl (C=O) groups excluding carboxylic acids is 1. The molecule has 0 rings (SSSR count). The fourth-order valence-corrected chi connectivity index (χ4v) is 0.954. The van der Waals surface area contributed by atoms with Gasteiger partial charge in [0.2, 0.25) is 5.91 Å². The smallest absolute Gasteiger partial charge is 0.237 e. The second kappa shape index (κ2) is 6.45. The summed E-state index contributed by atoms with van der Waals surface area (Å²) in [7, 11) is 0. The van der Waals surface area contributed by atoms with E-state index in [9.17, 15) is 4.79 Å². The molecule has 1 amide bonds. The summed E-state index contributed by atoms with van der Waals surface area (Å²) in [6, 6.07) is -0.474. The van der Waals surface area contributed by atoms with Crippen molar-refractivity contribution in [3.05, 3.63) is 12.8 Å². The van der Waals surface area contributed by atoms with Crippen molar-refractivity contribution < 1.29 is 9.53 Å². The molecule has 0 heterocycles. The molecule has 1 atom stereocenters. The first kappa shape index (κ1) is 14.0. The van der Waals surface area contributed by atoms with Gasteiger partial charge >= 0.3 is 0 Å². The largest absolute Gasteiger partial charge is 0.502 e. The summed E-state index contributed by atoms with van der Waals surface area (Å²) in [4.78, 5) is 11.5. The zero-order valence-electron chi connectivity index (χ0n) is 9.88. The first-order chi connectivity index (χ1) is 6.89. The highest BCUT2D eigenvalue weighted by atomic mass is 16.5. The molecular weight excluding hydrogens is 192 g/mol. The van der Waals surface area contributed by atoms with Gasteiger partial charge in [0.05, 0.1) is 18.9 Å². The summed E-state index contributed by atoms with van der Waals surface area (Å²) in [5, 5.41) is 2.77. The minimum absolute atomic E-state index is 0.110. The predicted molar refractivity (Wildman–Crippen MR) is 61.2 cm³/mol. The average molecular weight is 214 g/mol. The third-order valence-electron chi connectivity index (χ3n) is 2.07.